The number of thiazole rings is 1. The monoisotopic (exact) mass is 522 g/mol. The van der Waals surface area contributed by atoms with E-state index < -0.39 is 6.04 Å². The fourth-order valence-electron chi connectivity index (χ4n) is 5.21. The third-order valence-electron chi connectivity index (χ3n) is 7.20. The van der Waals surface area contributed by atoms with Crippen molar-refractivity contribution < 1.29 is 14.3 Å². The molecule has 1 aromatic rings. The number of hydrogen-bond acceptors (Lipinski definition) is 7. The topological polar surface area (TPSA) is 90.0 Å². The summed E-state index contributed by atoms with van der Waals surface area (Å²) in [5.74, 6) is 0.316. The molecule has 3 fully saturated rings. The SMILES string of the molecule is O=C(Nc1nccs1)[C@H](CC1CCCCC1)N1CCN(C(=S)NCCCN2CCOCC2)CC1=O. The maximum Gasteiger partial charge on any atom is 0.248 e. The number of amides is 2. The van der Waals surface area contributed by atoms with Gasteiger partial charge in [-0.1, -0.05) is 32.1 Å². The molecule has 3 aliphatic rings. The first-order valence-electron chi connectivity index (χ1n) is 12.9. The summed E-state index contributed by atoms with van der Waals surface area (Å²) in [6.45, 7) is 6.72. The minimum absolute atomic E-state index is 0.0381. The van der Waals surface area contributed by atoms with Gasteiger partial charge in [-0.25, -0.2) is 4.98 Å². The molecule has 35 heavy (non-hydrogen) atoms. The molecule has 1 atom stereocenters. The van der Waals surface area contributed by atoms with Gasteiger partial charge < -0.3 is 25.2 Å². The fourth-order valence-corrected chi connectivity index (χ4v) is 6.00. The minimum Gasteiger partial charge on any atom is -0.379 e. The molecule has 2 aliphatic heterocycles. The fraction of sp³-hybridized carbons (Fsp3) is 0.750. The first-order valence-corrected chi connectivity index (χ1v) is 14.2. The van der Waals surface area contributed by atoms with E-state index in [-0.39, 0.29) is 18.4 Å². The van der Waals surface area contributed by atoms with Crippen LogP contribution in [0.25, 0.3) is 0 Å². The highest BCUT2D eigenvalue weighted by Gasteiger charge is 2.36. The highest BCUT2D eigenvalue weighted by atomic mass is 32.1. The predicted molar refractivity (Wildman–Crippen MR) is 141 cm³/mol. The third-order valence-corrected chi connectivity index (χ3v) is 8.29. The second kappa shape index (κ2) is 13.5. The summed E-state index contributed by atoms with van der Waals surface area (Å²) >= 11 is 6.98. The lowest BCUT2D eigenvalue weighted by Crippen LogP contribution is -2.59. The Labute approximate surface area is 217 Å². The number of piperazine rings is 1. The normalized spacial score (nSPS) is 21.1. The van der Waals surface area contributed by atoms with Gasteiger partial charge in [-0.3, -0.25) is 14.5 Å². The highest BCUT2D eigenvalue weighted by molar-refractivity contribution is 7.80. The zero-order chi connectivity index (χ0) is 24.5. The van der Waals surface area contributed by atoms with Gasteiger partial charge in [0.15, 0.2) is 10.2 Å². The van der Waals surface area contributed by atoms with E-state index in [2.05, 4.69) is 20.5 Å². The Morgan fingerprint density at radius 1 is 1.20 bits per heavy atom. The number of ether oxygens (including phenoxy) is 1. The number of carbonyl (C=O) groups is 2. The number of thiocarbonyl (C=S) groups is 1. The van der Waals surface area contributed by atoms with E-state index >= 15 is 0 Å². The van der Waals surface area contributed by atoms with Gasteiger partial charge in [0.2, 0.25) is 11.8 Å². The highest BCUT2D eigenvalue weighted by Crippen LogP contribution is 2.29. The van der Waals surface area contributed by atoms with Crippen molar-refractivity contribution in [2.75, 3.05) is 64.3 Å². The van der Waals surface area contributed by atoms with Gasteiger partial charge in [0.25, 0.3) is 0 Å². The molecule has 1 aliphatic carbocycles. The average Bonchev–Trinajstić information content (AvgIpc) is 3.39. The van der Waals surface area contributed by atoms with Crippen LogP contribution in [0.1, 0.15) is 44.9 Å². The molecule has 9 nitrogen and oxygen atoms in total. The zero-order valence-electron chi connectivity index (χ0n) is 20.5. The van der Waals surface area contributed by atoms with Gasteiger partial charge in [-0.2, -0.15) is 0 Å². The molecular formula is C24H38N6O3S2. The molecule has 0 spiro atoms. The Hall–Kier alpha value is -1.82. The lowest BCUT2D eigenvalue weighted by atomic mass is 9.84. The molecule has 1 saturated carbocycles. The van der Waals surface area contributed by atoms with Crippen molar-refractivity contribution in [1.82, 2.24) is 25.0 Å². The van der Waals surface area contributed by atoms with Crippen LogP contribution in [0.15, 0.2) is 11.6 Å². The Kier molecular flexibility index (Phi) is 10.1. The summed E-state index contributed by atoms with van der Waals surface area (Å²) in [6, 6.07) is -0.466. The van der Waals surface area contributed by atoms with Crippen LogP contribution in [0.2, 0.25) is 0 Å². The summed E-state index contributed by atoms with van der Waals surface area (Å²) in [4.78, 5) is 36.8. The molecule has 1 aromatic heterocycles. The second-order valence-corrected chi connectivity index (χ2v) is 10.9. The van der Waals surface area contributed by atoms with E-state index in [9.17, 15) is 9.59 Å². The number of anilines is 1. The van der Waals surface area contributed by atoms with E-state index in [0.29, 0.717) is 35.7 Å². The summed E-state index contributed by atoms with van der Waals surface area (Å²) in [6.07, 6.45) is 9.33. The smallest absolute Gasteiger partial charge is 0.248 e. The van der Waals surface area contributed by atoms with E-state index in [1.165, 1.54) is 30.6 Å². The van der Waals surface area contributed by atoms with Crippen molar-refractivity contribution in [3.05, 3.63) is 11.6 Å². The van der Waals surface area contributed by atoms with E-state index in [1.54, 1.807) is 11.1 Å². The first-order chi connectivity index (χ1) is 17.1. The summed E-state index contributed by atoms with van der Waals surface area (Å²) < 4.78 is 5.39. The molecule has 0 bridgehead atoms. The molecule has 2 amide bonds. The van der Waals surface area contributed by atoms with Crippen molar-refractivity contribution in [3.63, 3.8) is 0 Å². The van der Waals surface area contributed by atoms with Crippen molar-refractivity contribution >= 4 is 45.6 Å². The van der Waals surface area contributed by atoms with Crippen molar-refractivity contribution in [1.29, 1.82) is 0 Å². The van der Waals surface area contributed by atoms with Crippen LogP contribution in [0.5, 0.6) is 0 Å². The van der Waals surface area contributed by atoms with Gasteiger partial charge in [0, 0.05) is 44.3 Å². The number of morpholine rings is 1. The average molecular weight is 523 g/mol. The Morgan fingerprint density at radius 3 is 2.71 bits per heavy atom. The molecule has 194 valence electrons. The third kappa shape index (κ3) is 7.83. The summed E-state index contributed by atoms with van der Waals surface area (Å²) in [5.41, 5.74) is 0. The number of aromatic nitrogens is 1. The van der Waals surface area contributed by atoms with Gasteiger partial charge in [0.1, 0.15) is 6.04 Å². The molecular weight excluding hydrogens is 484 g/mol. The van der Waals surface area contributed by atoms with Gasteiger partial charge in [-0.15, -0.1) is 11.3 Å². The Morgan fingerprint density at radius 2 is 2.00 bits per heavy atom. The summed E-state index contributed by atoms with van der Waals surface area (Å²) in [7, 11) is 0. The number of hydrogen-bond donors (Lipinski definition) is 2. The zero-order valence-corrected chi connectivity index (χ0v) is 22.1. The quantitative estimate of drug-likeness (QED) is 0.377. The van der Waals surface area contributed by atoms with E-state index in [4.69, 9.17) is 17.0 Å². The summed E-state index contributed by atoms with van der Waals surface area (Å²) in [5, 5.41) is 9.29. The van der Waals surface area contributed by atoms with Crippen LogP contribution in [0.3, 0.4) is 0 Å². The standard InChI is InChI=1S/C24H38N6O3S2/c31-21-18-29(24(34)26-7-4-9-28-12-14-33-15-13-28)10-11-30(21)20(17-19-5-2-1-3-6-19)22(32)27-23-25-8-16-35-23/h8,16,19-20H,1-7,9-15,17-18H2,(H,26,34)(H,25,27,32)/t20-/m0/s1. The molecule has 11 heteroatoms. The largest absolute Gasteiger partial charge is 0.379 e. The van der Waals surface area contributed by atoms with Crippen LogP contribution < -0.4 is 10.6 Å². The lowest BCUT2D eigenvalue weighted by Gasteiger charge is -2.40. The van der Waals surface area contributed by atoms with Gasteiger partial charge in [0.05, 0.1) is 19.8 Å². The van der Waals surface area contributed by atoms with Crippen LogP contribution >= 0.6 is 23.6 Å². The minimum atomic E-state index is -0.466. The molecule has 3 heterocycles. The lowest BCUT2D eigenvalue weighted by molar-refractivity contribution is -0.142. The second-order valence-electron chi connectivity index (χ2n) is 9.63. The number of carbonyl (C=O) groups excluding carboxylic acids is 2. The molecule has 4 rings (SSSR count). The van der Waals surface area contributed by atoms with E-state index in [0.717, 1.165) is 58.7 Å². The predicted octanol–water partition coefficient (Wildman–Crippen LogP) is 2.16. The van der Waals surface area contributed by atoms with Crippen LogP contribution in [0.4, 0.5) is 5.13 Å². The number of nitrogens with one attached hydrogen (secondary N) is 2. The van der Waals surface area contributed by atoms with E-state index in [1.807, 2.05) is 10.3 Å². The Bertz CT molecular complexity index is 827. The number of nitrogens with zero attached hydrogens (tertiary/aromatic N) is 4. The number of rotatable bonds is 9. The van der Waals surface area contributed by atoms with Crippen molar-refractivity contribution in [2.45, 2.75) is 51.0 Å². The van der Waals surface area contributed by atoms with Crippen molar-refractivity contribution in [3.8, 4) is 0 Å². The maximum atomic E-state index is 13.2. The Balaban J connectivity index is 1.28. The molecule has 0 radical (unpaired) electrons. The first kappa shape index (κ1) is 26.2. The van der Waals surface area contributed by atoms with Crippen molar-refractivity contribution in [2.24, 2.45) is 5.92 Å². The molecule has 0 aromatic carbocycles. The molecule has 2 saturated heterocycles. The molecule has 0 unspecified atom stereocenters. The van der Waals surface area contributed by atoms with Gasteiger partial charge in [-0.05, 0) is 37.5 Å². The van der Waals surface area contributed by atoms with Crippen LogP contribution in [-0.4, -0.2) is 102 Å². The van der Waals surface area contributed by atoms with Crippen LogP contribution in [0, 0.1) is 5.92 Å². The van der Waals surface area contributed by atoms with Gasteiger partial charge >= 0.3 is 0 Å². The molecule has 2 N–H and O–H groups in total. The maximum absolute atomic E-state index is 13.2. The van der Waals surface area contributed by atoms with Crippen LogP contribution in [-0.2, 0) is 14.3 Å².